The number of halogens is 1. The number of hydrogen-bond donors (Lipinski definition) is 2. The number of nitrogens with one attached hydrogen (secondary N) is 2. The Balaban J connectivity index is 1.88. The van der Waals surface area contributed by atoms with E-state index in [0.717, 1.165) is 15.8 Å². The van der Waals surface area contributed by atoms with Gasteiger partial charge in [0, 0.05) is 4.47 Å². The fraction of sp³-hybridized carbons (Fsp3) is 0.154. The summed E-state index contributed by atoms with van der Waals surface area (Å²) in [6, 6.07) is 8.35. The van der Waals surface area contributed by atoms with Crippen molar-refractivity contribution in [3.05, 3.63) is 47.0 Å². The largest absolute Gasteiger partial charge is 0.362 e. The predicted molar refractivity (Wildman–Crippen MR) is 77.9 cm³/mol. The van der Waals surface area contributed by atoms with E-state index in [9.17, 15) is 0 Å². The quantitative estimate of drug-likeness (QED) is 0.778. The molecule has 19 heavy (non-hydrogen) atoms. The minimum Gasteiger partial charge on any atom is -0.362 e. The van der Waals surface area contributed by atoms with Crippen LogP contribution in [0.1, 0.15) is 18.5 Å². The van der Waals surface area contributed by atoms with Gasteiger partial charge >= 0.3 is 0 Å². The van der Waals surface area contributed by atoms with Gasteiger partial charge in [0.2, 0.25) is 0 Å². The Hall–Kier alpha value is -1.95. The Bertz CT molecular complexity index is 692. The molecule has 0 aliphatic rings. The highest BCUT2D eigenvalue weighted by molar-refractivity contribution is 9.10. The van der Waals surface area contributed by atoms with Crippen LogP contribution in [0.15, 0.2) is 41.4 Å². The van der Waals surface area contributed by atoms with Gasteiger partial charge in [0.25, 0.3) is 0 Å². The van der Waals surface area contributed by atoms with Crippen molar-refractivity contribution in [2.45, 2.75) is 13.0 Å². The number of hydrogen-bond acceptors (Lipinski definition) is 4. The van der Waals surface area contributed by atoms with Crippen molar-refractivity contribution in [2.75, 3.05) is 5.32 Å². The van der Waals surface area contributed by atoms with Gasteiger partial charge in [-0.3, -0.25) is 0 Å². The van der Waals surface area contributed by atoms with Crippen LogP contribution in [0.4, 0.5) is 5.82 Å². The van der Waals surface area contributed by atoms with Crippen LogP contribution in [0.5, 0.6) is 0 Å². The molecule has 1 unspecified atom stereocenters. The van der Waals surface area contributed by atoms with Crippen molar-refractivity contribution in [2.24, 2.45) is 0 Å². The lowest BCUT2D eigenvalue weighted by Gasteiger charge is -2.15. The molecule has 3 aromatic rings. The Morgan fingerprint density at radius 1 is 1.16 bits per heavy atom. The van der Waals surface area contributed by atoms with E-state index in [0.29, 0.717) is 5.65 Å². The molecule has 96 valence electrons. The number of benzene rings is 1. The van der Waals surface area contributed by atoms with E-state index in [1.807, 2.05) is 12.1 Å². The molecule has 6 heteroatoms. The predicted octanol–water partition coefficient (Wildman–Crippen LogP) is 3.29. The van der Waals surface area contributed by atoms with Crippen LogP contribution in [0, 0.1) is 0 Å². The highest BCUT2D eigenvalue weighted by Crippen LogP contribution is 2.22. The van der Waals surface area contributed by atoms with E-state index < -0.39 is 0 Å². The molecule has 0 aliphatic carbocycles. The molecule has 1 atom stereocenters. The minimum absolute atomic E-state index is 0.148. The maximum absolute atomic E-state index is 4.26. The van der Waals surface area contributed by atoms with Gasteiger partial charge in [-0.2, -0.15) is 0 Å². The molecule has 0 fully saturated rings. The third kappa shape index (κ3) is 2.44. The second kappa shape index (κ2) is 4.97. The van der Waals surface area contributed by atoms with Crippen molar-refractivity contribution in [3.63, 3.8) is 0 Å². The van der Waals surface area contributed by atoms with Crippen molar-refractivity contribution >= 4 is 32.9 Å². The van der Waals surface area contributed by atoms with Gasteiger partial charge in [0.1, 0.15) is 11.8 Å². The number of imidazole rings is 1. The summed E-state index contributed by atoms with van der Waals surface area (Å²) in [4.78, 5) is 15.5. The van der Waals surface area contributed by atoms with Crippen molar-refractivity contribution in [3.8, 4) is 0 Å². The van der Waals surface area contributed by atoms with E-state index in [4.69, 9.17) is 0 Å². The minimum atomic E-state index is 0.148. The number of rotatable bonds is 3. The number of fused-ring (bicyclic) bond motifs is 1. The molecule has 2 heterocycles. The summed E-state index contributed by atoms with van der Waals surface area (Å²) in [6.07, 6.45) is 3.13. The SMILES string of the molecule is CC(Nc1ncnc2nc[nH]c12)c1ccc(Br)cc1. The Kier molecular flexibility index (Phi) is 3.16. The molecule has 1 aromatic carbocycles. The highest BCUT2D eigenvalue weighted by atomic mass is 79.9. The van der Waals surface area contributed by atoms with E-state index in [1.165, 1.54) is 11.9 Å². The molecule has 0 spiro atoms. The summed E-state index contributed by atoms with van der Waals surface area (Å²) in [6.45, 7) is 2.09. The van der Waals surface area contributed by atoms with Gasteiger partial charge < -0.3 is 10.3 Å². The smallest absolute Gasteiger partial charge is 0.182 e. The lowest BCUT2D eigenvalue weighted by atomic mass is 10.1. The molecule has 0 amide bonds. The zero-order chi connectivity index (χ0) is 13.2. The molecular weight excluding hydrogens is 306 g/mol. The molecule has 3 rings (SSSR count). The number of anilines is 1. The second-order valence-electron chi connectivity index (χ2n) is 4.24. The van der Waals surface area contributed by atoms with Crippen molar-refractivity contribution in [1.82, 2.24) is 19.9 Å². The summed E-state index contributed by atoms with van der Waals surface area (Å²) >= 11 is 3.43. The van der Waals surface area contributed by atoms with Crippen molar-refractivity contribution < 1.29 is 0 Å². The van der Waals surface area contributed by atoms with Crippen LogP contribution in [-0.4, -0.2) is 19.9 Å². The zero-order valence-corrected chi connectivity index (χ0v) is 11.8. The maximum atomic E-state index is 4.26. The number of aromatic nitrogens is 4. The first-order chi connectivity index (χ1) is 9.24. The monoisotopic (exact) mass is 317 g/mol. The summed E-state index contributed by atoms with van der Waals surface area (Å²) in [5, 5.41) is 3.37. The molecular formula is C13H12BrN5. The molecule has 0 aliphatic heterocycles. The number of H-pyrrole nitrogens is 1. The molecule has 0 radical (unpaired) electrons. The van der Waals surface area contributed by atoms with Gasteiger partial charge in [0.05, 0.1) is 12.4 Å². The zero-order valence-electron chi connectivity index (χ0n) is 10.3. The first-order valence-corrected chi connectivity index (χ1v) is 6.69. The maximum Gasteiger partial charge on any atom is 0.182 e. The summed E-state index contributed by atoms with van der Waals surface area (Å²) in [5.41, 5.74) is 2.68. The topological polar surface area (TPSA) is 66.5 Å². The van der Waals surface area contributed by atoms with Gasteiger partial charge in [-0.1, -0.05) is 28.1 Å². The Morgan fingerprint density at radius 2 is 1.95 bits per heavy atom. The van der Waals surface area contributed by atoms with E-state index >= 15 is 0 Å². The number of nitrogens with zero attached hydrogens (tertiary/aromatic N) is 3. The highest BCUT2D eigenvalue weighted by Gasteiger charge is 2.10. The lowest BCUT2D eigenvalue weighted by molar-refractivity contribution is 0.874. The first-order valence-electron chi connectivity index (χ1n) is 5.90. The third-order valence-corrected chi connectivity index (χ3v) is 3.47. The molecule has 0 saturated carbocycles. The van der Waals surface area contributed by atoms with Gasteiger partial charge in [-0.15, -0.1) is 0 Å². The lowest BCUT2D eigenvalue weighted by Crippen LogP contribution is -2.08. The Labute approximate surface area is 118 Å². The van der Waals surface area contributed by atoms with Crippen LogP contribution in [-0.2, 0) is 0 Å². The Morgan fingerprint density at radius 3 is 2.74 bits per heavy atom. The molecule has 0 saturated heterocycles. The molecule has 5 nitrogen and oxygen atoms in total. The van der Waals surface area contributed by atoms with Crippen LogP contribution >= 0.6 is 15.9 Å². The van der Waals surface area contributed by atoms with Crippen LogP contribution < -0.4 is 5.32 Å². The fourth-order valence-electron chi connectivity index (χ4n) is 1.91. The van der Waals surface area contributed by atoms with E-state index in [1.54, 1.807) is 6.33 Å². The van der Waals surface area contributed by atoms with Crippen molar-refractivity contribution in [1.29, 1.82) is 0 Å². The molecule has 2 N–H and O–H groups in total. The normalized spacial score (nSPS) is 12.5. The van der Waals surface area contributed by atoms with Crippen LogP contribution in [0.3, 0.4) is 0 Å². The summed E-state index contributed by atoms with van der Waals surface area (Å²) < 4.78 is 1.07. The fourth-order valence-corrected chi connectivity index (χ4v) is 2.18. The summed E-state index contributed by atoms with van der Waals surface area (Å²) in [7, 11) is 0. The number of aromatic amines is 1. The van der Waals surface area contributed by atoms with Crippen LogP contribution in [0.2, 0.25) is 0 Å². The molecule has 2 aromatic heterocycles. The van der Waals surface area contributed by atoms with Gasteiger partial charge in [-0.05, 0) is 24.6 Å². The second-order valence-corrected chi connectivity index (χ2v) is 5.16. The third-order valence-electron chi connectivity index (χ3n) is 2.95. The first kappa shape index (κ1) is 12.1. The van der Waals surface area contributed by atoms with Gasteiger partial charge in [0.15, 0.2) is 11.5 Å². The van der Waals surface area contributed by atoms with Crippen LogP contribution in [0.25, 0.3) is 11.2 Å². The summed E-state index contributed by atoms with van der Waals surface area (Å²) in [5.74, 6) is 0.762. The van der Waals surface area contributed by atoms with Gasteiger partial charge in [-0.25, -0.2) is 15.0 Å². The average molecular weight is 318 g/mol. The standard InChI is InChI=1S/C13H12BrN5/c1-8(9-2-4-10(14)5-3-9)19-13-11-12(16-6-15-11)17-7-18-13/h2-8H,1H3,(H2,15,16,17,18,19). The van der Waals surface area contributed by atoms with E-state index in [2.05, 4.69) is 60.2 Å². The molecule has 0 bridgehead atoms. The average Bonchev–Trinajstić information content (AvgIpc) is 2.89. The van der Waals surface area contributed by atoms with E-state index in [-0.39, 0.29) is 6.04 Å².